The van der Waals surface area contributed by atoms with Gasteiger partial charge in [-0.3, -0.25) is 4.79 Å². The average molecular weight is 583 g/mol. The number of rotatable bonds is 9. The number of halogens is 1. The fourth-order valence-electron chi connectivity index (χ4n) is 4.72. The van der Waals surface area contributed by atoms with Crippen LogP contribution in [0.3, 0.4) is 0 Å². The largest absolute Gasteiger partial charge is 0.493 e. The highest BCUT2D eigenvalue weighted by molar-refractivity contribution is 7.16. The van der Waals surface area contributed by atoms with Crippen LogP contribution in [-0.4, -0.2) is 38.4 Å². The van der Waals surface area contributed by atoms with Crippen LogP contribution < -0.4 is 14.8 Å². The van der Waals surface area contributed by atoms with Gasteiger partial charge in [-0.25, -0.2) is 9.79 Å². The standard InChI is InChI=1S/C31H35ClN2O5S/c1-6-38-27(35)18-39-24-14-7-19(15-25(24)37-5)17-33-30-28(29(36)34-22-11-9-21(32)10-12-22)23-13-8-20(31(2,3)4)16-26(23)40-30/h7,9-12,14-15,17,20H,6,8,13,16,18H2,1-5H3,(H,34,36)/t20-/m0/s1. The lowest BCUT2D eigenvalue weighted by Gasteiger charge is -2.33. The fraction of sp³-hybridized carbons (Fsp3) is 0.387. The molecule has 0 saturated carbocycles. The summed E-state index contributed by atoms with van der Waals surface area (Å²) in [4.78, 5) is 31.3. The summed E-state index contributed by atoms with van der Waals surface area (Å²) >= 11 is 7.61. The molecule has 9 heteroatoms. The Kier molecular flexibility index (Phi) is 9.53. The van der Waals surface area contributed by atoms with E-state index < -0.39 is 5.97 Å². The lowest BCUT2D eigenvalue weighted by Crippen LogP contribution is -2.27. The first kappa shape index (κ1) is 29.6. The zero-order chi connectivity index (χ0) is 28.9. The molecule has 0 radical (unpaired) electrons. The third-order valence-corrected chi connectivity index (χ3v) is 8.38. The van der Waals surface area contributed by atoms with E-state index in [1.165, 1.54) is 12.0 Å². The van der Waals surface area contributed by atoms with Crippen LogP contribution in [0, 0.1) is 11.3 Å². The number of esters is 1. The van der Waals surface area contributed by atoms with Crippen molar-refractivity contribution in [3.05, 3.63) is 69.1 Å². The number of anilines is 1. The minimum absolute atomic E-state index is 0.179. The lowest BCUT2D eigenvalue weighted by molar-refractivity contribution is -0.145. The minimum Gasteiger partial charge on any atom is -0.493 e. The van der Waals surface area contributed by atoms with Gasteiger partial charge in [0.2, 0.25) is 0 Å². The molecule has 0 fully saturated rings. The molecule has 0 unspecified atom stereocenters. The number of benzene rings is 2. The Bertz CT molecular complexity index is 1390. The number of methoxy groups -OCH3 is 1. The van der Waals surface area contributed by atoms with Crippen molar-refractivity contribution < 1.29 is 23.8 Å². The molecule has 1 aromatic heterocycles. The molecular weight excluding hydrogens is 548 g/mol. The fourth-order valence-corrected chi connectivity index (χ4v) is 6.11. The molecule has 1 amide bonds. The Balaban J connectivity index is 1.62. The van der Waals surface area contributed by atoms with Gasteiger partial charge in [-0.15, -0.1) is 11.3 Å². The Morgan fingerprint density at radius 2 is 1.90 bits per heavy atom. The van der Waals surface area contributed by atoms with Crippen LogP contribution in [0.2, 0.25) is 5.02 Å². The first-order chi connectivity index (χ1) is 19.1. The maximum Gasteiger partial charge on any atom is 0.344 e. The van der Waals surface area contributed by atoms with Crippen LogP contribution in [0.1, 0.15) is 60.5 Å². The molecule has 0 saturated heterocycles. The van der Waals surface area contributed by atoms with E-state index in [2.05, 4.69) is 26.1 Å². The van der Waals surface area contributed by atoms with Crippen LogP contribution in [0.5, 0.6) is 11.5 Å². The van der Waals surface area contributed by atoms with Crippen LogP contribution >= 0.6 is 22.9 Å². The van der Waals surface area contributed by atoms with Crippen molar-refractivity contribution in [3.8, 4) is 11.5 Å². The SMILES string of the molecule is CCOC(=O)COc1ccc(C=Nc2sc3c(c2C(=O)Nc2ccc(Cl)cc2)CC[C@H](C(C)(C)C)C3)cc1OC. The molecule has 1 heterocycles. The number of carbonyl (C=O) groups excluding carboxylic acids is 2. The number of hydrogen-bond donors (Lipinski definition) is 1. The Morgan fingerprint density at radius 1 is 1.15 bits per heavy atom. The lowest BCUT2D eigenvalue weighted by atomic mass is 9.72. The van der Waals surface area contributed by atoms with E-state index in [9.17, 15) is 9.59 Å². The molecule has 7 nitrogen and oxygen atoms in total. The van der Waals surface area contributed by atoms with Gasteiger partial charge in [-0.05, 0) is 91.1 Å². The monoisotopic (exact) mass is 582 g/mol. The third-order valence-electron chi connectivity index (χ3n) is 6.97. The van der Waals surface area contributed by atoms with Gasteiger partial charge < -0.3 is 19.5 Å². The second-order valence-corrected chi connectivity index (χ2v) is 12.2. The predicted molar refractivity (Wildman–Crippen MR) is 161 cm³/mol. The van der Waals surface area contributed by atoms with Gasteiger partial charge in [0.15, 0.2) is 18.1 Å². The molecule has 0 bridgehead atoms. The number of hydrogen-bond acceptors (Lipinski definition) is 7. The van der Waals surface area contributed by atoms with Gasteiger partial charge in [0.05, 0.1) is 19.3 Å². The zero-order valence-electron chi connectivity index (χ0n) is 23.5. The number of ether oxygens (including phenoxy) is 3. The van der Waals surface area contributed by atoms with E-state index in [1.807, 2.05) is 6.07 Å². The number of nitrogens with zero attached hydrogens (tertiary/aromatic N) is 1. The molecule has 4 rings (SSSR count). The maximum atomic E-state index is 13.6. The van der Waals surface area contributed by atoms with Crippen LogP contribution in [0.15, 0.2) is 47.5 Å². The molecule has 3 aromatic rings. The Labute approximate surface area is 244 Å². The number of fused-ring (bicyclic) bond motifs is 1. The second kappa shape index (κ2) is 12.9. The van der Waals surface area contributed by atoms with Crippen molar-refractivity contribution in [3.63, 3.8) is 0 Å². The highest BCUT2D eigenvalue weighted by Gasteiger charge is 2.33. The van der Waals surface area contributed by atoms with Crippen molar-refractivity contribution in [2.24, 2.45) is 16.3 Å². The summed E-state index contributed by atoms with van der Waals surface area (Å²) in [5.74, 6) is 0.800. The van der Waals surface area contributed by atoms with E-state index >= 15 is 0 Å². The highest BCUT2D eigenvalue weighted by atomic mass is 35.5. The quantitative estimate of drug-likeness (QED) is 0.208. The molecule has 212 valence electrons. The first-order valence-corrected chi connectivity index (χ1v) is 14.5. The first-order valence-electron chi connectivity index (χ1n) is 13.3. The topological polar surface area (TPSA) is 86.2 Å². The summed E-state index contributed by atoms with van der Waals surface area (Å²) in [5.41, 5.74) is 3.34. The summed E-state index contributed by atoms with van der Waals surface area (Å²) < 4.78 is 15.9. The van der Waals surface area contributed by atoms with E-state index in [0.29, 0.717) is 38.7 Å². The molecule has 2 aromatic carbocycles. The van der Waals surface area contributed by atoms with E-state index in [4.69, 9.17) is 30.8 Å². The summed E-state index contributed by atoms with van der Waals surface area (Å²) in [6.45, 7) is 8.65. The number of thiophene rings is 1. The Morgan fingerprint density at radius 3 is 2.58 bits per heavy atom. The zero-order valence-corrected chi connectivity index (χ0v) is 25.1. The maximum absolute atomic E-state index is 13.6. The van der Waals surface area contributed by atoms with E-state index in [-0.39, 0.29) is 24.5 Å². The Hall–Kier alpha value is -3.36. The molecule has 1 atom stereocenters. The number of amides is 1. The molecule has 1 aliphatic carbocycles. The summed E-state index contributed by atoms with van der Waals surface area (Å²) in [6, 6.07) is 12.4. The second-order valence-electron chi connectivity index (χ2n) is 10.7. The average Bonchev–Trinajstić information content (AvgIpc) is 3.29. The smallest absolute Gasteiger partial charge is 0.344 e. The molecule has 0 aliphatic heterocycles. The van der Waals surface area contributed by atoms with Gasteiger partial charge in [0, 0.05) is 21.8 Å². The van der Waals surface area contributed by atoms with Crippen LogP contribution in [0.4, 0.5) is 10.7 Å². The van der Waals surface area contributed by atoms with Crippen LogP contribution in [0.25, 0.3) is 0 Å². The number of nitrogens with one attached hydrogen (secondary N) is 1. The molecular formula is C31H35ClN2O5S. The summed E-state index contributed by atoms with van der Waals surface area (Å²) in [7, 11) is 1.53. The summed E-state index contributed by atoms with van der Waals surface area (Å²) in [5, 5.41) is 4.30. The number of aliphatic imine (C=N–C) groups is 1. The van der Waals surface area contributed by atoms with Crippen molar-refractivity contribution >= 4 is 51.7 Å². The molecule has 1 aliphatic rings. The minimum atomic E-state index is -0.449. The van der Waals surface area contributed by atoms with E-state index in [1.54, 1.807) is 60.9 Å². The van der Waals surface area contributed by atoms with Gasteiger partial charge in [0.1, 0.15) is 5.00 Å². The van der Waals surface area contributed by atoms with Gasteiger partial charge in [-0.2, -0.15) is 0 Å². The molecule has 40 heavy (non-hydrogen) atoms. The third kappa shape index (κ3) is 7.23. The van der Waals surface area contributed by atoms with Gasteiger partial charge in [0.25, 0.3) is 5.91 Å². The normalized spacial score (nSPS) is 15.0. The predicted octanol–water partition coefficient (Wildman–Crippen LogP) is 7.51. The van der Waals surface area contributed by atoms with E-state index in [0.717, 1.165) is 30.4 Å². The molecule has 1 N–H and O–H groups in total. The van der Waals surface area contributed by atoms with Crippen molar-refractivity contribution in [2.75, 3.05) is 25.6 Å². The van der Waals surface area contributed by atoms with Crippen molar-refractivity contribution in [1.29, 1.82) is 0 Å². The summed E-state index contributed by atoms with van der Waals surface area (Å²) in [6.07, 6.45) is 4.52. The number of carbonyl (C=O) groups is 2. The highest BCUT2D eigenvalue weighted by Crippen LogP contribution is 2.45. The van der Waals surface area contributed by atoms with Crippen molar-refractivity contribution in [1.82, 2.24) is 0 Å². The van der Waals surface area contributed by atoms with Gasteiger partial charge in [-0.1, -0.05) is 32.4 Å². The van der Waals surface area contributed by atoms with Crippen LogP contribution in [-0.2, 0) is 22.4 Å². The van der Waals surface area contributed by atoms with Crippen molar-refractivity contribution in [2.45, 2.75) is 47.0 Å². The molecule has 0 spiro atoms. The van der Waals surface area contributed by atoms with Gasteiger partial charge >= 0.3 is 5.97 Å².